The summed E-state index contributed by atoms with van der Waals surface area (Å²) >= 11 is 0. The van der Waals surface area contributed by atoms with Gasteiger partial charge >= 0.3 is 10.5 Å². The first kappa shape index (κ1) is 26.5. The number of aromatic nitrogens is 2. The van der Waals surface area contributed by atoms with Crippen molar-refractivity contribution in [1.82, 2.24) is 15.5 Å². The molecule has 0 saturated heterocycles. The van der Waals surface area contributed by atoms with Crippen LogP contribution in [0.4, 0.5) is 12.7 Å². The van der Waals surface area contributed by atoms with Gasteiger partial charge in [0, 0.05) is 23.1 Å². The van der Waals surface area contributed by atoms with Crippen LogP contribution in [0, 0.1) is 17.0 Å². The van der Waals surface area contributed by atoms with E-state index in [1.807, 2.05) is 13.8 Å². The Morgan fingerprint density at radius 1 is 1.11 bits per heavy atom. The number of hydrogen-bond acceptors (Lipinski definition) is 8. The lowest BCUT2D eigenvalue weighted by Gasteiger charge is -2.41. The summed E-state index contributed by atoms with van der Waals surface area (Å²) in [5.41, 5.74) is -0.402. The molecule has 198 valence electrons. The van der Waals surface area contributed by atoms with E-state index in [4.69, 9.17) is 4.52 Å². The molecule has 1 aliphatic carbocycles. The Bertz CT molecular complexity index is 1390. The number of halogens is 3. The van der Waals surface area contributed by atoms with E-state index in [-0.39, 0.29) is 29.2 Å². The largest absolute Gasteiger partial charge is 0.503 e. The molecule has 0 spiro atoms. The van der Waals surface area contributed by atoms with Crippen LogP contribution in [0.5, 0.6) is 11.5 Å². The Morgan fingerprint density at radius 2 is 1.70 bits per heavy atom. The van der Waals surface area contributed by atoms with E-state index in [0.717, 1.165) is 12.1 Å². The average molecular weight is 540 g/mol. The summed E-state index contributed by atoms with van der Waals surface area (Å²) in [5, 5.41) is 16.0. The Balaban J connectivity index is 1.37. The maximum Gasteiger partial charge on any atom is 0.488 e. The summed E-state index contributed by atoms with van der Waals surface area (Å²) in [6, 6.07) is 7.02. The van der Waals surface area contributed by atoms with E-state index in [2.05, 4.69) is 19.6 Å². The number of hydrogen-bond donors (Lipinski definition) is 2. The average Bonchev–Trinajstić information content (AvgIpc) is 3.34. The highest BCUT2D eigenvalue weighted by Crippen LogP contribution is 2.46. The molecule has 1 aromatic heterocycles. The molecule has 37 heavy (non-hydrogen) atoms. The minimum Gasteiger partial charge on any atom is -0.503 e. The van der Waals surface area contributed by atoms with E-state index in [1.165, 1.54) is 24.3 Å². The molecule has 2 aromatic carbocycles. The molecule has 1 fully saturated rings. The summed E-state index contributed by atoms with van der Waals surface area (Å²) in [4.78, 5) is 16.9. The van der Waals surface area contributed by atoms with E-state index in [0.29, 0.717) is 37.1 Å². The third-order valence-electron chi connectivity index (χ3n) is 6.78. The predicted molar refractivity (Wildman–Crippen MR) is 125 cm³/mol. The third-order valence-corrected chi connectivity index (χ3v) is 7.17. The molecule has 1 aliphatic rings. The maximum absolute atomic E-state index is 13.6. The molecular formula is C24H24F3N3O6S. The van der Waals surface area contributed by atoms with Crippen LogP contribution in [-0.2, 0) is 15.9 Å². The minimum absolute atomic E-state index is 0.197. The van der Waals surface area contributed by atoms with Gasteiger partial charge in [-0.2, -0.15) is 13.4 Å². The molecular weight excluding hydrogens is 515 g/mol. The summed E-state index contributed by atoms with van der Waals surface area (Å²) in [5.74, 6) is -3.68. The first-order valence-corrected chi connectivity index (χ1v) is 12.6. The zero-order valence-electron chi connectivity index (χ0n) is 19.9. The Morgan fingerprint density at radius 3 is 2.27 bits per heavy atom. The van der Waals surface area contributed by atoms with Crippen LogP contribution in [0.2, 0.25) is 0 Å². The quantitative estimate of drug-likeness (QED) is 0.417. The number of nitrogens with one attached hydrogen (secondary N) is 1. The van der Waals surface area contributed by atoms with Crippen LogP contribution in [0.1, 0.15) is 55.7 Å². The normalized spacial score (nSPS) is 22.0. The maximum atomic E-state index is 13.6. The third kappa shape index (κ3) is 6.04. The standard InChI is InChI=1S/C24H24F3N3O6S/c1-23(13-28-20(32)15-11-17(25)19(31)18(26)12-15)7-9-24(2,10-8-23)22-29-21(35-30-22)14-3-5-16(6-4-14)36-37(27,33)34/h3-6,11-12,31H,7-10,13H2,1-2H3,(H,28,32)/t23-,24+. The summed E-state index contributed by atoms with van der Waals surface area (Å²) < 4.78 is 70.6. The van der Waals surface area contributed by atoms with Crippen molar-refractivity contribution in [2.45, 2.75) is 44.9 Å². The highest BCUT2D eigenvalue weighted by molar-refractivity contribution is 7.81. The second kappa shape index (κ2) is 9.69. The Hall–Kier alpha value is -3.61. The highest BCUT2D eigenvalue weighted by atomic mass is 32.3. The number of nitrogens with zero attached hydrogens (tertiary/aromatic N) is 2. The van der Waals surface area contributed by atoms with Crippen molar-refractivity contribution >= 4 is 16.4 Å². The number of amides is 1. The summed E-state index contributed by atoms with van der Waals surface area (Å²) in [6.45, 7) is 4.30. The lowest BCUT2D eigenvalue weighted by molar-refractivity contribution is 0.0895. The van der Waals surface area contributed by atoms with E-state index < -0.39 is 39.2 Å². The van der Waals surface area contributed by atoms with Crippen molar-refractivity contribution in [3.8, 4) is 23.0 Å². The molecule has 0 radical (unpaired) electrons. The molecule has 2 N–H and O–H groups in total. The van der Waals surface area contributed by atoms with E-state index >= 15 is 0 Å². The van der Waals surface area contributed by atoms with E-state index in [9.17, 15) is 31.0 Å². The second-order valence-electron chi connectivity index (χ2n) is 9.77. The number of phenols is 1. The number of carbonyl (C=O) groups is 1. The van der Waals surface area contributed by atoms with Crippen LogP contribution in [0.15, 0.2) is 40.9 Å². The van der Waals surface area contributed by atoms with Crippen molar-refractivity contribution in [3.05, 3.63) is 59.4 Å². The van der Waals surface area contributed by atoms with Gasteiger partial charge in [0.15, 0.2) is 23.2 Å². The molecule has 0 aliphatic heterocycles. The number of phenolic OH excluding ortho intramolecular Hbond substituents is 1. The Labute approximate surface area is 211 Å². The van der Waals surface area contributed by atoms with Gasteiger partial charge in [-0.15, -0.1) is 0 Å². The molecule has 0 unspecified atom stereocenters. The van der Waals surface area contributed by atoms with Gasteiger partial charge in [0.1, 0.15) is 5.75 Å². The molecule has 0 bridgehead atoms. The van der Waals surface area contributed by atoms with Crippen molar-refractivity contribution in [2.24, 2.45) is 5.41 Å². The summed E-state index contributed by atoms with van der Waals surface area (Å²) in [6.07, 6.45) is 2.77. The summed E-state index contributed by atoms with van der Waals surface area (Å²) in [7, 11) is -5.12. The van der Waals surface area contributed by atoms with Gasteiger partial charge in [-0.1, -0.05) is 22.9 Å². The topological polar surface area (TPSA) is 132 Å². The zero-order valence-corrected chi connectivity index (χ0v) is 20.7. The lowest BCUT2D eigenvalue weighted by Crippen LogP contribution is -2.41. The van der Waals surface area contributed by atoms with Crippen LogP contribution in [0.3, 0.4) is 0 Å². The lowest BCUT2D eigenvalue weighted by atomic mass is 9.65. The monoisotopic (exact) mass is 539 g/mol. The first-order chi connectivity index (χ1) is 17.3. The number of aromatic hydroxyl groups is 1. The minimum atomic E-state index is -5.12. The highest BCUT2D eigenvalue weighted by Gasteiger charge is 2.41. The van der Waals surface area contributed by atoms with Crippen molar-refractivity contribution in [1.29, 1.82) is 0 Å². The number of rotatable bonds is 7. The smallest absolute Gasteiger partial charge is 0.488 e. The predicted octanol–water partition coefficient (Wildman–Crippen LogP) is 4.58. The molecule has 1 heterocycles. The van der Waals surface area contributed by atoms with Crippen molar-refractivity contribution in [2.75, 3.05) is 6.54 Å². The van der Waals surface area contributed by atoms with E-state index in [1.54, 1.807) is 0 Å². The van der Waals surface area contributed by atoms with Crippen LogP contribution in [0.25, 0.3) is 11.5 Å². The molecule has 1 saturated carbocycles. The van der Waals surface area contributed by atoms with Gasteiger partial charge in [-0.3, -0.25) is 4.79 Å². The zero-order chi connectivity index (χ0) is 27.0. The van der Waals surface area contributed by atoms with Gasteiger partial charge in [0.2, 0.25) is 0 Å². The van der Waals surface area contributed by atoms with Gasteiger partial charge in [0.05, 0.1) is 0 Å². The molecule has 9 nitrogen and oxygen atoms in total. The molecule has 4 rings (SSSR count). The SMILES string of the molecule is C[C@]1(CNC(=O)c2cc(F)c(O)c(F)c2)CC[C@@](C)(c2noc(-c3ccc(OS(=O)(=O)F)cc3)n2)CC1. The number of benzene rings is 2. The fourth-order valence-corrected chi connectivity index (χ4v) is 4.59. The van der Waals surface area contributed by atoms with Crippen LogP contribution < -0.4 is 9.50 Å². The fraction of sp³-hybridized carbons (Fsp3) is 0.375. The van der Waals surface area contributed by atoms with Crippen LogP contribution >= 0.6 is 0 Å². The molecule has 1 amide bonds. The van der Waals surface area contributed by atoms with Crippen molar-refractivity contribution in [3.63, 3.8) is 0 Å². The first-order valence-electron chi connectivity index (χ1n) is 11.3. The van der Waals surface area contributed by atoms with Crippen molar-refractivity contribution < 1.29 is 39.7 Å². The number of carbonyl (C=O) groups excluding carboxylic acids is 1. The molecule has 0 atom stereocenters. The second-order valence-corrected chi connectivity index (χ2v) is 10.7. The molecule has 3 aromatic rings. The van der Waals surface area contributed by atoms with Crippen LogP contribution in [-0.4, -0.2) is 36.1 Å². The fourth-order valence-electron chi connectivity index (χ4n) is 4.25. The van der Waals surface area contributed by atoms with Gasteiger partial charge in [0.25, 0.3) is 11.8 Å². The Kier molecular flexibility index (Phi) is 6.93. The van der Waals surface area contributed by atoms with Gasteiger partial charge in [-0.05, 0) is 67.5 Å². The van der Waals surface area contributed by atoms with Gasteiger partial charge in [-0.25, -0.2) is 8.78 Å². The van der Waals surface area contributed by atoms with Gasteiger partial charge < -0.3 is 19.1 Å². The molecule has 13 heteroatoms.